The second-order valence-electron chi connectivity index (χ2n) is 6.43. The third-order valence-corrected chi connectivity index (χ3v) is 4.73. The average Bonchev–Trinajstić information content (AvgIpc) is 2.75. The highest BCUT2D eigenvalue weighted by atomic mass is 15.5. The van der Waals surface area contributed by atoms with Crippen LogP contribution in [-0.4, -0.2) is 21.1 Å². The van der Waals surface area contributed by atoms with Crippen LogP contribution in [0.1, 0.15) is 24.0 Å². The zero-order chi connectivity index (χ0) is 19.7. The summed E-state index contributed by atoms with van der Waals surface area (Å²) >= 11 is 0. The number of benzene rings is 2. The van der Waals surface area contributed by atoms with E-state index in [-0.39, 0.29) is 11.4 Å². The van der Waals surface area contributed by atoms with Gasteiger partial charge in [0.1, 0.15) is 6.33 Å². The molecule has 1 aliphatic heterocycles. The minimum absolute atomic E-state index is 0.150. The molecule has 0 saturated heterocycles. The predicted molar refractivity (Wildman–Crippen MR) is 110 cm³/mol. The molecule has 1 aliphatic rings. The van der Waals surface area contributed by atoms with Crippen molar-refractivity contribution in [2.75, 3.05) is 10.9 Å². The number of nitrogen functional groups attached to an aromatic ring is 1. The Morgan fingerprint density at radius 1 is 1.07 bits per heavy atom. The Hall–Kier alpha value is -3.94. The van der Waals surface area contributed by atoms with Crippen molar-refractivity contribution in [2.24, 2.45) is 16.0 Å². The van der Waals surface area contributed by atoms with Gasteiger partial charge < -0.3 is 11.7 Å². The van der Waals surface area contributed by atoms with Gasteiger partial charge in [-0.05, 0) is 24.6 Å². The quantitative estimate of drug-likeness (QED) is 0.370. The molecule has 0 radical (unpaired) electrons. The first kappa shape index (κ1) is 17.5. The van der Waals surface area contributed by atoms with Crippen LogP contribution in [0.25, 0.3) is 0 Å². The van der Waals surface area contributed by atoms with Crippen molar-refractivity contribution in [3.8, 4) is 0 Å². The molecule has 1 atom stereocenters. The van der Waals surface area contributed by atoms with Crippen LogP contribution in [0.2, 0.25) is 0 Å². The number of nitrogens with zero attached hydrogens (tertiary/aromatic N) is 5. The molecule has 4 rings (SSSR count). The molecule has 140 valence electrons. The van der Waals surface area contributed by atoms with Gasteiger partial charge in [0.15, 0.2) is 11.3 Å². The molecule has 2 aromatic carbocycles. The summed E-state index contributed by atoms with van der Waals surface area (Å²) in [6, 6.07) is 19.4. The summed E-state index contributed by atoms with van der Waals surface area (Å²) in [5.74, 6) is 11.8. The van der Waals surface area contributed by atoms with E-state index in [1.54, 1.807) is 11.9 Å². The van der Waals surface area contributed by atoms with Crippen molar-refractivity contribution < 1.29 is 0 Å². The van der Waals surface area contributed by atoms with Gasteiger partial charge in [0.25, 0.3) is 0 Å². The van der Waals surface area contributed by atoms with Gasteiger partial charge in [-0.1, -0.05) is 48.5 Å². The number of aromatic nitrogens is 2. The molecule has 0 fully saturated rings. The zero-order valence-electron chi connectivity index (χ0n) is 15.3. The maximum absolute atomic E-state index is 8.64. The van der Waals surface area contributed by atoms with Crippen LogP contribution in [0.15, 0.2) is 77.2 Å². The van der Waals surface area contributed by atoms with Crippen molar-refractivity contribution in [3.63, 3.8) is 0 Å². The number of hydrogen-bond acceptors (Lipinski definition) is 7. The zero-order valence-corrected chi connectivity index (χ0v) is 15.3. The fraction of sp³-hybridized carbons (Fsp3) is 0.100. The molecule has 1 unspecified atom stereocenters. The van der Waals surface area contributed by atoms with Crippen LogP contribution in [0.5, 0.6) is 0 Å². The van der Waals surface area contributed by atoms with E-state index in [0.29, 0.717) is 22.8 Å². The van der Waals surface area contributed by atoms with Crippen molar-refractivity contribution in [1.82, 2.24) is 9.66 Å². The molecule has 28 heavy (non-hydrogen) atoms. The molecule has 2 heterocycles. The molecule has 1 aromatic heterocycles. The van der Waals surface area contributed by atoms with Crippen LogP contribution in [0, 0.1) is 5.41 Å². The second-order valence-corrected chi connectivity index (χ2v) is 6.43. The van der Waals surface area contributed by atoms with Crippen LogP contribution < -0.4 is 22.2 Å². The standard InChI is InChI=1S/C20H20N8/c1-13(25-22)18-16(14-8-4-2-5-9-14)17-19(21)27(23)12-24-20(17)28(26-18)15-10-6-3-7-11-15/h2-12,16,21H,22-23H2,1H3/b21-19?,25-13+. The summed E-state index contributed by atoms with van der Waals surface area (Å²) in [5.41, 5.74) is 3.79. The minimum atomic E-state index is -0.362. The fourth-order valence-electron chi connectivity index (χ4n) is 3.34. The number of para-hydroxylation sites is 1. The molecular formula is C20H20N8. The lowest BCUT2D eigenvalue weighted by Crippen LogP contribution is -2.40. The number of hydrazone groups is 2. The van der Waals surface area contributed by atoms with E-state index < -0.39 is 0 Å². The van der Waals surface area contributed by atoms with Gasteiger partial charge in [-0.25, -0.2) is 14.7 Å². The number of fused-ring (bicyclic) bond motifs is 1. The van der Waals surface area contributed by atoms with Crippen molar-refractivity contribution in [3.05, 3.63) is 83.6 Å². The van der Waals surface area contributed by atoms with E-state index >= 15 is 0 Å². The van der Waals surface area contributed by atoms with Gasteiger partial charge >= 0.3 is 0 Å². The first-order valence-electron chi connectivity index (χ1n) is 8.76. The SMILES string of the molecule is C/C(=N\N)C1=NN(c2ccccc2)c2ncn(N)c(=N)c2C1c1ccccc1. The molecule has 5 N–H and O–H groups in total. The number of nitrogens with two attached hydrogens (primary N) is 2. The molecular weight excluding hydrogens is 352 g/mol. The Bertz CT molecular complexity index is 1120. The van der Waals surface area contributed by atoms with Crippen LogP contribution >= 0.6 is 0 Å². The Morgan fingerprint density at radius 2 is 1.71 bits per heavy atom. The topological polar surface area (TPSA) is 122 Å². The lowest BCUT2D eigenvalue weighted by atomic mass is 9.85. The van der Waals surface area contributed by atoms with E-state index in [9.17, 15) is 0 Å². The fourth-order valence-corrected chi connectivity index (χ4v) is 3.34. The molecule has 0 bridgehead atoms. The highest BCUT2D eigenvalue weighted by Gasteiger charge is 2.35. The third kappa shape index (κ3) is 2.81. The summed E-state index contributed by atoms with van der Waals surface area (Å²) in [5, 5.41) is 19.1. The highest BCUT2D eigenvalue weighted by Crippen LogP contribution is 2.38. The Kier molecular flexibility index (Phi) is 4.36. The molecule has 8 heteroatoms. The predicted octanol–water partition coefficient (Wildman–Crippen LogP) is 2.05. The number of anilines is 2. The van der Waals surface area contributed by atoms with Gasteiger partial charge in [0, 0.05) is 0 Å². The smallest absolute Gasteiger partial charge is 0.163 e. The van der Waals surface area contributed by atoms with E-state index in [0.717, 1.165) is 11.3 Å². The Balaban J connectivity index is 2.05. The summed E-state index contributed by atoms with van der Waals surface area (Å²) in [6.45, 7) is 1.80. The number of rotatable bonds is 3. The van der Waals surface area contributed by atoms with Gasteiger partial charge in [0.05, 0.1) is 28.6 Å². The average molecular weight is 372 g/mol. The van der Waals surface area contributed by atoms with E-state index in [2.05, 4.69) is 10.1 Å². The maximum atomic E-state index is 8.64. The number of nitrogens with one attached hydrogen (secondary N) is 1. The second kappa shape index (κ2) is 6.99. The van der Waals surface area contributed by atoms with Gasteiger partial charge in [-0.2, -0.15) is 10.2 Å². The van der Waals surface area contributed by atoms with Crippen LogP contribution in [0.3, 0.4) is 0 Å². The summed E-state index contributed by atoms with van der Waals surface area (Å²) in [6.07, 6.45) is 1.42. The van der Waals surface area contributed by atoms with Crippen molar-refractivity contribution in [2.45, 2.75) is 12.8 Å². The third-order valence-electron chi connectivity index (χ3n) is 4.73. The molecule has 3 aromatic rings. The molecule has 0 saturated carbocycles. The molecule has 0 amide bonds. The van der Waals surface area contributed by atoms with Gasteiger partial charge in [-0.3, -0.25) is 5.41 Å². The first-order valence-corrected chi connectivity index (χ1v) is 8.76. The van der Waals surface area contributed by atoms with E-state index in [1.807, 2.05) is 60.7 Å². The summed E-state index contributed by atoms with van der Waals surface area (Å²) < 4.78 is 1.20. The van der Waals surface area contributed by atoms with E-state index in [1.165, 1.54) is 11.0 Å². The van der Waals surface area contributed by atoms with Crippen LogP contribution in [0.4, 0.5) is 11.5 Å². The molecule has 8 nitrogen and oxygen atoms in total. The monoisotopic (exact) mass is 372 g/mol. The normalized spacial score (nSPS) is 16.5. The minimum Gasteiger partial charge on any atom is -0.336 e. The Labute approximate surface area is 161 Å². The number of hydrogen-bond donors (Lipinski definition) is 3. The van der Waals surface area contributed by atoms with Crippen LogP contribution in [-0.2, 0) is 0 Å². The van der Waals surface area contributed by atoms with Crippen molar-refractivity contribution in [1.29, 1.82) is 5.41 Å². The van der Waals surface area contributed by atoms with E-state index in [4.69, 9.17) is 22.2 Å². The summed E-state index contributed by atoms with van der Waals surface area (Å²) in [7, 11) is 0. The van der Waals surface area contributed by atoms with Gasteiger partial charge in [0.2, 0.25) is 0 Å². The highest BCUT2D eigenvalue weighted by molar-refractivity contribution is 6.44. The maximum Gasteiger partial charge on any atom is 0.163 e. The van der Waals surface area contributed by atoms with Crippen molar-refractivity contribution >= 4 is 22.9 Å². The molecule has 0 aliphatic carbocycles. The largest absolute Gasteiger partial charge is 0.336 e. The summed E-state index contributed by atoms with van der Waals surface area (Å²) in [4.78, 5) is 4.50. The molecule has 0 spiro atoms. The Morgan fingerprint density at radius 3 is 2.36 bits per heavy atom. The first-order chi connectivity index (χ1) is 13.6. The lowest BCUT2D eigenvalue weighted by Gasteiger charge is -2.32. The lowest BCUT2D eigenvalue weighted by molar-refractivity contribution is 0.781. The van der Waals surface area contributed by atoms with Gasteiger partial charge in [-0.15, -0.1) is 0 Å².